The summed E-state index contributed by atoms with van der Waals surface area (Å²) in [6.07, 6.45) is 5.12. The zero-order valence-corrected chi connectivity index (χ0v) is 11.0. The molecule has 2 aromatic rings. The van der Waals surface area contributed by atoms with E-state index in [0.717, 1.165) is 36.0 Å². The normalized spacial score (nSPS) is 10.8. The van der Waals surface area contributed by atoms with Crippen LogP contribution in [0, 0.1) is 0 Å². The van der Waals surface area contributed by atoms with Crippen molar-refractivity contribution in [3.8, 4) is 5.82 Å². The van der Waals surface area contributed by atoms with Gasteiger partial charge in [0.25, 0.3) is 0 Å². The molecule has 0 radical (unpaired) electrons. The van der Waals surface area contributed by atoms with Crippen molar-refractivity contribution in [1.82, 2.24) is 30.0 Å². The summed E-state index contributed by atoms with van der Waals surface area (Å²) in [5, 5.41) is 7.51. The van der Waals surface area contributed by atoms with Gasteiger partial charge in [-0.05, 0) is 7.05 Å². The predicted octanol–water partition coefficient (Wildman–Crippen LogP) is 0.901. The summed E-state index contributed by atoms with van der Waals surface area (Å²) >= 11 is 0. The van der Waals surface area contributed by atoms with E-state index in [1.807, 2.05) is 14.0 Å². The number of aryl methyl sites for hydroxylation is 2. The van der Waals surface area contributed by atoms with Crippen molar-refractivity contribution in [3.05, 3.63) is 29.7 Å². The maximum Gasteiger partial charge on any atom is 0.174 e. The first-order chi connectivity index (χ1) is 8.78. The second-order valence-corrected chi connectivity index (χ2v) is 3.96. The molecule has 0 saturated heterocycles. The third-order valence-electron chi connectivity index (χ3n) is 2.60. The monoisotopic (exact) mass is 246 g/mol. The van der Waals surface area contributed by atoms with E-state index in [1.54, 1.807) is 17.1 Å². The Balaban J connectivity index is 2.40. The van der Waals surface area contributed by atoms with E-state index >= 15 is 0 Å². The smallest absolute Gasteiger partial charge is 0.174 e. The van der Waals surface area contributed by atoms with E-state index in [1.165, 1.54) is 0 Å². The highest BCUT2D eigenvalue weighted by atomic mass is 15.4. The van der Waals surface area contributed by atoms with E-state index in [0.29, 0.717) is 6.54 Å². The van der Waals surface area contributed by atoms with Crippen LogP contribution in [0.1, 0.15) is 31.2 Å². The summed E-state index contributed by atoms with van der Waals surface area (Å²) in [6, 6.07) is 0. The van der Waals surface area contributed by atoms with Gasteiger partial charge in [-0.3, -0.25) is 4.98 Å². The molecule has 0 aliphatic rings. The zero-order valence-electron chi connectivity index (χ0n) is 11.0. The van der Waals surface area contributed by atoms with Gasteiger partial charge in [0.05, 0.1) is 11.9 Å². The van der Waals surface area contributed by atoms with Crippen LogP contribution in [0.25, 0.3) is 5.82 Å². The molecule has 0 aliphatic carbocycles. The second-order valence-electron chi connectivity index (χ2n) is 3.96. The Hall–Kier alpha value is -1.82. The molecule has 96 valence electrons. The molecule has 0 fully saturated rings. The van der Waals surface area contributed by atoms with Crippen LogP contribution in [-0.4, -0.2) is 31.8 Å². The molecule has 2 aromatic heterocycles. The van der Waals surface area contributed by atoms with Crippen molar-refractivity contribution < 1.29 is 0 Å². The van der Waals surface area contributed by atoms with Crippen LogP contribution in [0.2, 0.25) is 0 Å². The molecule has 0 saturated carbocycles. The van der Waals surface area contributed by atoms with Gasteiger partial charge in [-0.15, -0.1) is 5.10 Å². The first-order valence-electron chi connectivity index (χ1n) is 6.19. The zero-order chi connectivity index (χ0) is 13.0. The number of nitrogens with one attached hydrogen (secondary N) is 1. The molecule has 2 heterocycles. The van der Waals surface area contributed by atoms with Gasteiger partial charge in [0, 0.05) is 25.6 Å². The fourth-order valence-corrected chi connectivity index (χ4v) is 1.72. The molecular weight excluding hydrogens is 228 g/mol. The lowest BCUT2D eigenvalue weighted by Gasteiger charge is -2.05. The lowest BCUT2D eigenvalue weighted by Crippen LogP contribution is -2.11. The summed E-state index contributed by atoms with van der Waals surface area (Å²) in [5.74, 6) is 2.49. The Kier molecular flexibility index (Phi) is 3.99. The SMILES string of the molecule is CCc1nc(CC)n(-c2cncc(CNC)n2)n1. The number of hydrogen-bond donors (Lipinski definition) is 1. The molecular formula is C12H18N6. The van der Waals surface area contributed by atoms with E-state index in [4.69, 9.17) is 0 Å². The third-order valence-corrected chi connectivity index (χ3v) is 2.60. The second kappa shape index (κ2) is 5.68. The lowest BCUT2D eigenvalue weighted by molar-refractivity contribution is 0.733. The molecule has 0 spiro atoms. The standard InChI is InChI=1S/C12H18N6/c1-4-10-16-11(5-2)18(17-10)12-8-14-7-9(15-12)6-13-3/h7-8,13H,4-6H2,1-3H3. The molecule has 18 heavy (non-hydrogen) atoms. The average Bonchev–Trinajstić information content (AvgIpc) is 2.83. The van der Waals surface area contributed by atoms with Gasteiger partial charge in [0.1, 0.15) is 5.82 Å². The first kappa shape index (κ1) is 12.6. The summed E-state index contributed by atoms with van der Waals surface area (Å²) < 4.78 is 1.78. The van der Waals surface area contributed by atoms with Gasteiger partial charge < -0.3 is 5.32 Å². The van der Waals surface area contributed by atoms with Gasteiger partial charge >= 0.3 is 0 Å². The van der Waals surface area contributed by atoms with Crippen molar-refractivity contribution in [2.24, 2.45) is 0 Å². The van der Waals surface area contributed by atoms with Crippen LogP contribution in [-0.2, 0) is 19.4 Å². The Bertz CT molecular complexity index is 519. The highest BCUT2D eigenvalue weighted by Crippen LogP contribution is 2.08. The number of hydrogen-bond acceptors (Lipinski definition) is 5. The van der Waals surface area contributed by atoms with Crippen LogP contribution < -0.4 is 5.32 Å². The van der Waals surface area contributed by atoms with E-state index in [2.05, 4.69) is 32.3 Å². The lowest BCUT2D eigenvalue weighted by atomic mass is 10.4. The molecule has 0 aliphatic heterocycles. The van der Waals surface area contributed by atoms with Crippen molar-refractivity contribution in [2.45, 2.75) is 33.2 Å². The summed E-state index contributed by atoms with van der Waals surface area (Å²) in [7, 11) is 1.89. The van der Waals surface area contributed by atoms with E-state index < -0.39 is 0 Å². The fraction of sp³-hybridized carbons (Fsp3) is 0.500. The summed E-state index contributed by atoms with van der Waals surface area (Å²) in [4.78, 5) is 13.2. The Morgan fingerprint density at radius 1 is 1.17 bits per heavy atom. The number of nitrogens with zero attached hydrogens (tertiary/aromatic N) is 5. The van der Waals surface area contributed by atoms with Crippen LogP contribution in [0.15, 0.2) is 12.4 Å². The minimum atomic E-state index is 0.692. The Morgan fingerprint density at radius 2 is 2.00 bits per heavy atom. The maximum absolute atomic E-state index is 4.52. The molecule has 0 unspecified atom stereocenters. The van der Waals surface area contributed by atoms with Crippen molar-refractivity contribution in [2.75, 3.05) is 7.05 Å². The van der Waals surface area contributed by atoms with E-state index in [9.17, 15) is 0 Å². The van der Waals surface area contributed by atoms with E-state index in [-0.39, 0.29) is 0 Å². The molecule has 0 amide bonds. The van der Waals surface area contributed by atoms with Crippen molar-refractivity contribution in [3.63, 3.8) is 0 Å². The minimum Gasteiger partial charge on any atom is -0.314 e. The highest BCUT2D eigenvalue weighted by Gasteiger charge is 2.10. The van der Waals surface area contributed by atoms with Gasteiger partial charge in [-0.25, -0.2) is 9.97 Å². The fourth-order valence-electron chi connectivity index (χ4n) is 1.72. The number of rotatable bonds is 5. The largest absolute Gasteiger partial charge is 0.314 e. The predicted molar refractivity (Wildman–Crippen MR) is 68.5 cm³/mol. The molecule has 0 atom stereocenters. The molecule has 1 N–H and O–H groups in total. The van der Waals surface area contributed by atoms with Crippen LogP contribution in [0.5, 0.6) is 0 Å². The summed E-state index contributed by atoms with van der Waals surface area (Å²) in [5.41, 5.74) is 0.894. The molecule has 6 nitrogen and oxygen atoms in total. The van der Waals surface area contributed by atoms with Crippen molar-refractivity contribution in [1.29, 1.82) is 0 Å². The quantitative estimate of drug-likeness (QED) is 0.849. The van der Waals surface area contributed by atoms with Crippen LogP contribution in [0.4, 0.5) is 0 Å². The molecule has 0 bridgehead atoms. The highest BCUT2D eigenvalue weighted by molar-refractivity contribution is 5.20. The Morgan fingerprint density at radius 3 is 2.67 bits per heavy atom. The van der Waals surface area contributed by atoms with Gasteiger partial charge in [0.2, 0.25) is 0 Å². The maximum atomic E-state index is 4.52. The molecule has 2 rings (SSSR count). The number of aromatic nitrogens is 5. The summed E-state index contributed by atoms with van der Waals surface area (Å²) in [6.45, 7) is 4.80. The van der Waals surface area contributed by atoms with Crippen LogP contribution in [0.3, 0.4) is 0 Å². The van der Waals surface area contributed by atoms with Crippen LogP contribution >= 0.6 is 0 Å². The van der Waals surface area contributed by atoms with Gasteiger partial charge in [-0.2, -0.15) is 4.68 Å². The topological polar surface area (TPSA) is 68.5 Å². The third kappa shape index (κ3) is 2.53. The van der Waals surface area contributed by atoms with Gasteiger partial charge in [-0.1, -0.05) is 13.8 Å². The minimum absolute atomic E-state index is 0.692. The van der Waals surface area contributed by atoms with Gasteiger partial charge in [0.15, 0.2) is 11.6 Å². The molecule has 6 heteroatoms. The molecule has 0 aromatic carbocycles. The average molecular weight is 246 g/mol. The Labute approximate surface area is 106 Å². The van der Waals surface area contributed by atoms with Crippen molar-refractivity contribution >= 4 is 0 Å². The first-order valence-corrected chi connectivity index (χ1v) is 6.19.